The number of benzene rings is 1. The maximum Gasteiger partial charge on any atom is 0.128 e. The summed E-state index contributed by atoms with van der Waals surface area (Å²) in [4.78, 5) is 4.36. The molecule has 0 N–H and O–H groups in total. The number of nitrogens with zero attached hydrogens (tertiary/aromatic N) is 1. The molecule has 17 heavy (non-hydrogen) atoms. The van der Waals surface area contributed by atoms with E-state index in [4.69, 9.17) is 4.74 Å². The fourth-order valence-corrected chi connectivity index (χ4v) is 1.65. The molecular formula is C15H17NO. The Bertz CT molecular complexity index is 453. The second-order valence-corrected chi connectivity index (χ2v) is 3.91. The number of unbranched alkanes of at least 4 members (excludes halogenated alkanes) is 1. The summed E-state index contributed by atoms with van der Waals surface area (Å²) in [6, 6.07) is 14.0. The molecule has 0 bridgehead atoms. The fourth-order valence-electron chi connectivity index (χ4n) is 1.65. The van der Waals surface area contributed by atoms with Crippen LogP contribution in [0.15, 0.2) is 48.7 Å². The lowest BCUT2D eigenvalue weighted by Crippen LogP contribution is -1.98. The Kier molecular flexibility index (Phi) is 4.14. The predicted molar refractivity (Wildman–Crippen MR) is 70.1 cm³/mol. The van der Waals surface area contributed by atoms with Crippen molar-refractivity contribution in [2.45, 2.75) is 19.8 Å². The van der Waals surface area contributed by atoms with Crippen LogP contribution in [-0.2, 0) is 0 Å². The summed E-state index contributed by atoms with van der Waals surface area (Å²) < 4.78 is 5.79. The molecule has 1 aromatic carbocycles. The second kappa shape index (κ2) is 6.04. The number of hydrogen-bond acceptors (Lipinski definition) is 2. The summed E-state index contributed by atoms with van der Waals surface area (Å²) in [7, 11) is 0. The van der Waals surface area contributed by atoms with Crippen LogP contribution in [0.5, 0.6) is 5.75 Å². The Labute approximate surface area is 102 Å². The Balaban J connectivity index is 2.22. The first-order valence-corrected chi connectivity index (χ1v) is 6.05. The number of ether oxygens (including phenoxy) is 1. The highest BCUT2D eigenvalue weighted by Crippen LogP contribution is 2.27. The number of rotatable bonds is 5. The van der Waals surface area contributed by atoms with Crippen molar-refractivity contribution in [1.29, 1.82) is 0 Å². The first-order chi connectivity index (χ1) is 8.42. The highest BCUT2D eigenvalue weighted by atomic mass is 16.5. The van der Waals surface area contributed by atoms with Crippen molar-refractivity contribution >= 4 is 0 Å². The zero-order valence-corrected chi connectivity index (χ0v) is 10.1. The average Bonchev–Trinajstić information content (AvgIpc) is 2.41. The van der Waals surface area contributed by atoms with Crippen LogP contribution in [0.2, 0.25) is 0 Å². The lowest BCUT2D eigenvalue weighted by atomic mass is 10.1. The minimum absolute atomic E-state index is 0.764. The monoisotopic (exact) mass is 227 g/mol. The van der Waals surface area contributed by atoms with Crippen molar-refractivity contribution in [2.24, 2.45) is 0 Å². The molecule has 2 nitrogen and oxygen atoms in total. The van der Waals surface area contributed by atoms with E-state index in [2.05, 4.69) is 11.9 Å². The summed E-state index contributed by atoms with van der Waals surface area (Å²) in [5, 5.41) is 0. The largest absolute Gasteiger partial charge is 0.493 e. The van der Waals surface area contributed by atoms with E-state index in [1.165, 1.54) is 0 Å². The quantitative estimate of drug-likeness (QED) is 0.722. The zero-order chi connectivity index (χ0) is 11.9. The van der Waals surface area contributed by atoms with Crippen LogP contribution in [-0.4, -0.2) is 11.6 Å². The third kappa shape index (κ3) is 3.06. The second-order valence-electron chi connectivity index (χ2n) is 3.91. The van der Waals surface area contributed by atoms with Gasteiger partial charge >= 0.3 is 0 Å². The van der Waals surface area contributed by atoms with Crippen LogP contribution in [0.3, 0.4) is 0 Å². The minimum atomic E-state index is 0.764. The van der Waals surface area contributed by atoms with E-state index < -0.39 is 0 Å². The molecule has 2 aromatic rings. The third-order valence-electron chi connectivity index (χ3n) is 2.58. The molecular weight excluding hydrogens is 210 g/mol. The lowest BCUT2D eigenvalue weighted by molar-refractivity contribution is 0.310. The molecule has 0 atom stereocenters. The molecule has 0 saturated carbocycles. The standard InChI is InChI=1S/C15H17NO/c1-2-3-12-17-15-10-5-4-8-13(15)14-9-6-7-11-16-14/h4-11H,2-3,12H2,1H3. The van der Waals surface area contributed by atoms with Crippen molar-refractivity contribution in [3.05, 3.63) is 48.7 Å². The van der Waals surface area contributed by atoms with Crippen molar-refractivity contribution in [2.75, 3.05) is 6.61 Å². The molecule has 0 spiro atoms. The summed E-state index contributed by atoms with van der Waals surface area (Å²) in [5.41, 5.74) is 2.02. The molecule has 0 radical (unpaired) electrons. The number of aromatic nitrogens is 1. The van der Waals surface area contributed by atoms with Gasteiger partial charge in [0.2, 0.25) is 0 Å². The molecule has 1 aromatic heterocycles. The van der Waals surface area contributed by atoms with Crippen LogP contribution in [0.25, 0.3) is 11.3 Å². The van der Waals surface area contributed by atoms with Crippen LogP contribution in [0.1, 0.15) is 19.8 Å². The molecule has 0 amide bonds. The summed E-state index contributed by atoms with van der Waals surface area (Å²) in [6.07, 6.45) is 4.03. The van der Waals surface area contributed by atoms with Gasteiger partial charge in [0.15, 0.2) is 0 Å². The van der Waals surface area contributed by atoms with Gasteiger partial charge < -0.3 is 4.74 Å². The molecule has 1 heterocycles. The highest BCUT2D eigenvalue weighted by molar-refractivity contribution is 5.66. The van der Waals surface area contributed by atoms with E-state index >= 15 is 0 Å². The van der Waals surface area contributed by atoms with Gasteiger partial charge in [-0.1, -0.05) is 31.5 Å². The maximum absolute atomic E-state index is 5.79. The van der Waals surface area contributed by atoms with Crippen molar-refractivity contribution in [3.8, 4) is 17.0 Å². The van der Waals surface area contributed by atoms with Gasteiger partial charge in [-0.05, 0) is 30.7 Å². The van der Waals surface area contributed by atoms with Crippen LogP contribution >= 0.6 is 0 Å². The van der Waals surface area contributed by atoms with E-state index in [1.807, 2.05) is 42.5 Å². The van der Waals surface area contributed by atoms with Gasteiger partial charge in [-0.25, -0.2) is 0 Å². The van der Waals surface area contributed by atoms with E-state index in [0.29, 0.717) is 0 Å². The van der Waals surface area contributed by atoms with Gasteiger partial charge in [0.1, 0.15) is 5.75 Å². The Morgan fingerprint density at radius 1 is 1.06 bits per heavy atom. The molecule has 88 valence electrons. The first kappa shape index (κ1) is 11.6. The van der Waals surface area contributed by atoms with Gasteiger partial charge in [0, 0.05) is 11.8 Å². The first-order valence-electron chi connectivity index (χ1n) is 6.05. The summed E-state index contributed by atoms with van der Waals surface area (Å²) in [5.74, 6) is 0.916. The molecule has 0 fully saturated rings. The molecule has 2 heteroatoms. The SMILES string of the molecule is CCCCOc1ccccc1-c1ccccn1. The van der Waals surface area contributed by atoms with Gasteiger partial charge in [0.05, 0.1) is 12.3 Å². The summed E-state index contributed by atoms with van der Waals surface area (Å²) in [6.45, 7) is 2.92. The lowest BCUT2D eigenvalue weighted by Gasteiger charge is -2.10. The van der Waals surface area contributed by atoms with E-state index in [-0.39, 0.29) is 0 Å². The number of hydrogen-bond donors (Lipinski definition) is 0. The van der Waals surface area contributed by atoms with Gasteiger partial charge in [-0.15, -0.1) is 0 Å². The maximum atomic E-state index is 5.79. The fraction of sp³-hybridized carbons (Fsp3) is 0.267. The molecule has 2 rings (SSSR count). The predicted octanol–water partition coefficient (Wildman–Crippen LogP) is 3.93. The molecule has 0 aliphatic rings. The third-order valence-corrected chi connectivity index (χ3v) is 2.58. The van der Waals surface area contributed by atoms with Crippen LogP contribution in [0, 0.1) is 0 Å². The van der Waals surface area contributed by atoms with Crippen LogP contribution < -0.4 is 4.74 Å². The van der Waals surface area contributed by atoms with Gasteiger partial charge in [-0.2, -0.15) is 0 Å². The van der Waals surface area contributed by atoms with E-state index in [9.17, 15) is 0 Å². The molecule has 0 saturated heterocycles. The van der Waals surface area contributed by atoms with Crippen molar-refractivity contribution in [3.63, 3.8) is 0 Å². The number of para-hydroxylation sites is 1. The van der Waals surface area contributed by atoms with Crippen LogP contribution in [0.4, 0.5) is 0 Å². The Hall–Kier alpha value is -1.83. The van der Waals surface area contributed by atoms with Gasteiger partial charge in [0.25, 0.3) is 0 Å². The average molecular weight is 227 g/mol. The van der Waals surface area contributed by atoms with E-state index in [1.54, 1.807) is 6.20 Å². The molecule has 0 aliphatic heterocycles. The molecule has 0 aliphatic carbocycles. The highest BCUT2D eigenvalue weighted by Gasteiger charge is 2.05. The topological polar surface area (TPSA) is 22.1 Å². The summed E-state index contributed by atoms with van der Waals surface area (Å²) >= 11 is 0. The number of pyridine rings is 1. The Morgan fingerprint density at radius 2 is 1.88 bits per heavy atom. The van der Waals surface area contributed by atoms with Crippen molar-refractivity contribution < 1.29 is 4.74 Å². The van der Waals surface area contributed by atoms with Crippen molar-refractivity contribution in [1.82, 2.24) is 4.98 Å². The zero-order valence-electron chi connectivity index (χ0n) is 10.1. The van der Waals surface area contributed by atoms with E-state index in [0.717, 1.165) is 36.5 Å². The van der Waals surface area contributed by atoms with Gasteiger partial charge in [-0.3, -0.25) is 4.98 Å². The normalized spacial score (nSPS) is 10.2. The Morgan fingerprint density at radius 3 is 2.65 bits per heavy atom. The minimum Gasteiger partial charge on any atom is -0.493 e. The molecule has 0 unspecified atom stereocenters. The smallest absolute Gasteiger partial charge is 0.128 e.